The van der Waals surface area contributed by atoms with Crippen molar-refractivity contribution in [3.63, 3.8) is 0 Å². The van der Waals surface area contributed by atoms with Crippen molar-refractivity contribution in [3.05, 3.63) is 59.7 Å². The Balaban J connectivity index is 1.88. The van der Waals surface area contributed by atoms with Gasteiger partial charge in [-0.3, -0.25) is 4.79 Å². The Hall–Kier alpha value is -2.43. The third kappa shape index (κ3) is 3.78. The van der Waals surface area contributed by atoms with Gasteiger partial charge in [-0.2, -0.15) is 0 Å². The topological polar surface area (TPSA) is 41.1 Å². The van der Waals surface area contributed by atoms with E-state index in [1.807, 2.05) is 0 Å². The lowest BCUT2D eigenvalue weighted by Gasteiger charge is -2.08. The van der Waals surface area contributed by atoms with Crippen LogP contribution < -0.4 is 10.6 Å². The number of anilines is 2. The van der Waals surface area contributed by atoms with Crippen LogP contribution in [-0.2, 0) is 4.79 Å². The van der Waals surface area contributed by atoms with E-state index in [4.69, 9.17) is 0 Å². The van der Waals surface area contributed by atoms with E-state index in [2.05, 4.69) is 10.6 Å². The lowest BCUT2D eigenvalue weighted by Crippen LogP contribution is -2.21. The van der Waals surface area contributed by atoms with E-state index >= 15 is 0 Å². The number of hydrogen-bond donors (Lipinski definition) is 2. The zero-order valence-corrected chi connectivity index (χ0v) is 10.9. The van der Waals surface area contributed by atoms with E-state index in [9.17, 15) is 13.6 Å². The molecule has 104 valence electrons. The molecule has 2 N–H and O–H groups in total. The smallest absolute Gasteiger partial charge is 0.243 e. The third-order valence-corrected chi connectivity index (χ3v) is 2.74. The highest BCUT2D eigenvalue weighted by Gasteiger charge is 2.04. The molecule has 0 unspecified atom stereocenters. The average Bonchev–Trinajstić information content (AvgIpc) is 2.43. The molecule has 0 heterocycles. The molecule has 0 aliphatic carbocycles. The Morgan fingerprint density at radius 2 is 1.70 bits per heavy atom. The lowest BCUT2D eigenvalue weighted by molar-refractivity contribution is -0.114. The SMILES string of the molecule is Cc1cc(NCC(=O)Nc2ccc(F)cc2)ccc1F. The first-order valence-corrected chi connectivity index (χ1v) is 6.10. The van der Waals surface area contributed by atoms with Crippen LogP contribution >= 0.6 is 0 Å². The predicted molar refractivity (Wildman–Crippen MR) is 74.7 cm³/mol. The van der Waals surface area contributed by atoms with E-state index < -0.39 is 0 Å². The molecule has 0 aromatic heterocycles. The van der Waals surface area contributed by atoms with E-state index in [1.165, 1.54) is 30.3 Å². The Bertz CT molecular complexity index is 612. The maximum absolute atomic E-state index is 13.1. The summed E-state index contributed by atoms with van der Waals surface area (Å²) in [6.07, 6.45) is 0. The van der Waals surface area contributed by atoms with Gasteiger partial charge in [0.2, 0.25) is 5.91 Å². The summed E-state index contributed by atoms with van der Waals surface area (Å²) >= 11 is 0. The number of rotatable bonds is 4. The molecule has 5 heteroatoms. The molecule has 0 atom stereocenters. The monoisotopic (exact) mass is 276 g/mol. The third-order valence-electron chi connectivity index (χ3n) is 2.74. The molecular formula is C15H14F2N2O. The summed E-state index contributed by atoms with van der Waals surface area (Å²) in [5.41, 5.74) is 1.69. The summed E-state index contributed by atoms with van der Waals surface area (Å²) in [4.78, 5) is 11.7. The van der Waals surface area contributed by atoms with Crippen molar-refractivity contribution in [1.29, 1.82) is 0 Å². The minimum absolute atomic E-state index is 0.0441. The Kier molecular flexibility index (Phi) is 4.30. The highest BCUT2D eigenvalue weighted by Crippen LogP contribution is 2.13. The van der Waals surface area contributed by atoms with Crippen molar-refractivity contribution < 1.29 is 13.6 Å². The predicted octanol–water partition coefficient (Wildman–Crippen LogP) is 3.32. The summed E-state index contributed by atoms with van der Waals surface area (Å²) in [6, 6.07) is 10.0. The zero-order valence-electron chi connectivity index (χ0n) is 10.9. The molecule has 1 amide bonds. The minimum atomic E-state index is -0.358. The first-order chi connectivity index (χ1) is 9.54. The number of aryl methyl sites for hydroxylation is 1. The van der Waals surface area contributed by atoms with Crippen LogP contribution in [-0.4, -0.2) is 12.5 Å². The minimum Gasteiger partial charge on any atom is -0.376 e. The summed E-state index contributed by atoms with van der Waals surface area (Å²) in [5, 5.41) is 5.51. The number of benzene rings is 2. The lowest BCUT2D eigenvalue weighted by atomic mass is 10.2. The number of halogens is 2. The molecule has 2 rings (SSSR count). The second-order valence-electron chi connectivity index (χ2n) is 4.37. The van der Waals surface area contributed by atoms with Crippen LogP contribution in [0.25, 0.3) is 0 Å². The summed E-state index contributed by atoms with van der Waals surface area (Å²) in [5.74, 6) is -0.909. The molecule has 20 heavy (non-hydrogen) atoms. The zero-order chi connectivity index (χ0) is 14.5. The van der Waals surface area contributed by atoms with Crippen LogP contribution in [0.1, 0.15) is 5.56 Å². The Labute approximate surface area is 115 Å². The van der Waals surface area contributed by atoms with Crippen LogP contribution in [0.3, 0.4) is 0 Å². The molecule has 0 aliphatic heterocycles. The maximum atomic E-state index is 13.1. The Morgan fingerprint density at radius 3 is 2.35 bits per heavy atom. The van der Waals surface area contributed by atoms with Crippen molar-refractivity contribution in [2.75, 3.05) is 17.2 Å². The van der Waals surface area contributed by atoms with Gasteiger partial charge in [0.15, 0.2) is 0 Å². The molecule has 0 spiro atoms. The second-order valence-corrected chi connectivity index (χ2v) is 4.37. The molecule has 0 saturated carbocycles. The number of nitrogens with one attached hydrogen (secondary N) is 2. The highest BCUT2D eigenvalue weighted by molar-refractivity contribution is 5.93. The van der Waals surface area contributed by atoms with Crippen LogP contribution in [0, 0.1) is 18.6 Å². The van der Waals surface area contributed by atoms with Crippen LogP contribution in [0.15, 0.2) is 42.5 Å². The van der Waals surface area contributed by atoms with Crippen molar-refractivity contribution in [1.82, 2.24) is 0 Å². The van der Waals surface area contributed by atoms with Crippen molar-refractivity contribution in [2.45, 2.75) is 6.92 Å². The summed E-state index contributed by atoms with van der Waals surface area (Å²) in [7, 11) is 0. The molecule has 2 aromatic carbocycles. The van der Waals surface area contributed by atoms with Gasteiger partial charge in [0, 0.05) is 11.4 Å². The number of amides is 1. The molecule has 0 bridgehead atoms. The van der Waals surface area contributed by atoms with Crippen molar-refractivity contribution in [3.8, 4) is 0 Å². The molecule has 0 saturated heterocycles. The van der Waals surface area contributed by atoms with Gasteiger partial charge in [-0.25, -0.2) is 8.78 Å². The largest absolute Gasteiger partial charge is 0.376 e. The van der Waals surface area contributed by atoms with Crippen LogP contribution in [0.4, 0.5) is 20.2 Å². The number of carbonyl (C=O) groups excluding carboxylic acids is 1. The first kappa shape index (κ1) is 14.0. The van der Waals surface area contributed by atoms with Gasteiger partial charge < -0.3 is 10.6 Å². The fourth-order valence-corrected chi connectivity index (χ4v) is 1.68. The summed E-state index contributed by atoms with van der Waals surface area (Å²) in [6.45, 7) is 1.70. The van der Waals surface area contributed by atoms with Gasteiger partial charge in [0.05, 0.1) is 6.54 Å². The first-order valence-electron chi connectivity index (χ1n) is 6.10. The van der Waals surface area contributed by atoms with Crippen LogP contribution in [0.2, 0.25) is 0 Å². The fourth-order valence-electron chi connectivity index (χ4n) is 1.68. The molecular weight excluding hydrogens is 262 g/mol. The number of hydrogen-bond acceptors (Lipinski definition) is 2. The van der Waals surface area contributed by atoms with E-state index in [-0.39, 0.29) is 24.1 Å². The standard InChI is InChI=1S/C15H14F2N2O/c1-10-8-13(6-7-14(10)17)18-9-15(20)19-12-4-2-11(16)3-5-12/h2-8,18H,9H2,1H3,(H,19,20). The fraction of sp³-hybridized carbons (Fsp3) is 0.133. The quantitative estimate of drug-likeness (QED) is 0.899. The normalized spacial score (nSPS) is 10.2. The molecule has 3 nitrogen and oxygen atoms in total. The van der Waals surface area contributed by atoms with Crippen molar-refractivity contribution in [2.24, 2.45) is 0 Å². The summed E-state index contributed by atoms with van der Waals surface area (Å²) < 4.78 is 25.8. The Morgan fingerprint density at radius 1 is 1.05 bits per heavy atom. The van der Waals surface area contributed by atoms with Crippen molar-refractivity contribution >= 4 is 17.3 Å². The van der Waals surface area contributed by atoms with E-state index in [0.29, 0.717) is 16.9 Å². The molecule has 0 fully saturated rings. The number of carbonyl (C=O) groups is 1. The van der Waals surface area contributed by atoms with Gasteiger partial charge in [-0.1, -0.05) is 0 Å². The van der Waals surface area contributed by atoms with Crippen LogP contribution in [0.5, 0.6) is 0 Å². The van der Waals surface area contributed by atoms with Gasteiger partial charge in [-0.15, -0.1) is 0 Å². The van der Waals surface area contributed by atoms with Gasteiger partial charge in [0.1, 0.15) is 11.6 Å². The van der Waals surface area contributed by atoms with E-state index in [1.54, 1.807) is 19.1 Å². The van der Waals surface area contributed by atoms with E-state index in [0.717, 1.165) is 0 Å². The average molecular weight is 276 g/mol. The maximum Gasteiger partial charge on any atom is 0.243 e. The highest BCUT2D eigenvalue weighted by atomic mass is 19.1. The molecule has 0 aliphatic rings. The van der Waals surface area contributed by atoms with Gasteiger partial charge in [0.25, 0.3) is 0 Å². The second kappa shape index (κ2) is 6.14. The van der Waals surface area contributed by atoms with Gasteiger partial charge >= 0.3 is 0 Å². The van der Waals surface area contributed by atoms with Gasteiger partial charge in [-0.05, 0) is 55.0 Å². The molecule has 0 radical (unpaired) electrons. The molecule has 2 aromatic rings.